The van der Waals surface area contributed by atoms with Crippen molar-refractivity contribution in [3.05, 3.63) is 48.0 Å². The molecule has 0 bridgehead atoms. The first kappa shape index (κ1) is 30.0. The Hall–Kier alpha value is -1.05. The maximum absolute atomic E-state index is 12.7. The van der Waals surface area contributed by atoms with E-state index in [1.54, 1.807) is 30.3 Å². The van der Waals surface area contributed by atoms with Gasteiger partial charge in [-0.2, -0.15) is 8.42 Å². The molecule has 0 radical (unpaired) electrons. The van der Waals surface area contributed by atoms with Crippen LogP contribution in [0.25, 0.3) is 0 Å². The fraction of sp³-hybridized carbons (Fsp3) is 0.538. The van der Waals surface area contributed by atoms with Crippen molar-refractivity contribution in [2.45, 2.75) is 95.3 Å². The van der Waals surface area contributed by atoms with Gasteiger partial charge in [0, 0.05) is 0 Å². The Labute approximate surface area is 222 Å². The normalized spacial score (nSPS) is 11.2. The van der Waals surface area contributed by atoms with Crippen LogP contribution in [0, 0.1) is 0 Å². The van der Waals surface area contributed by atoms with Gasteiger partial charge < -0.3 is 9.84 Å². The van der Waals surface area contributed by atoms with Crippen molar-refractivity contribution in [2.24, 2.45) is 0 Å². The molecule has 0 saturated heterocycles. The fourth-order valence-corrected chi connectivity index (χ4v) is 4.75. The van der Waals surface area contributed by atoms with E-state index in [1.165, 1.54) is 63.9 Å². The van der Waals surface area contributed by atoms with Crippen LogP contribution >= 0.6 is 0 Å². The molecule has 2 rings (SSSR count). The van der Waals surface area contributed by atoms with Crippen LogP contribution in [0.2, 0.25) is 0 Å². The molecule has 2 aromatic carbocycles. The molecular weight excluding hydrogens is 447 g/mol. The van der Waals surface area contributed by atoms with Crippen LogP contribution in [0.4, 0.5) is 0 Å². The number of para-hydroxylation sites is 1. The van der Waals surface area contributed by atoms with Crippen molar-refractivity contribution in [3.8, 4) is 17.2 Å². The van der Waals surface area contributed by atoms with Crippen LogP contribution in [0.1, 0.15) is 89.5 Å². The third-order valence-electron chi connectivity index (χ3n) is 5.69. The zero-order chi connectivity index (χ0) is 23.2. The van der Waals surface area contributed by atoms with Gasteiger partial charge >= 0.3 is 29.6 Å². The largest absolute Gasteiger partial charge is 1.00 e. The van der Waals surface area contributed by atoms with Crippen molar-refractivity contribution in [2.75, 3.05) is 0 Å². The average molecular weight is 485 g/mol. The maximum Gasteiger partial charge on any atom is 1.00 e. The molecule has 0 heterocycles. The quantitative estimate of drug-likeness (QED) is 0.221. The van der Waals surface area contributed by atoms with Crippen molar-refractivity contribution in [1.82, 2.24) is 0 Å². The van der Waals surface area contributed by atoms with E-state index in [-0.39, 0.29) is 35.3 Å². The maximum atomic E-state index is 12.7. The second-order valence-corrected chi connectivity index (χ2v) is 9.77. The molecule has 0 aliphatic carbocycles. The number of benzene rings is 2. The van der Waals surface area contributed by atoms with Gasteiger partial charge in [-0.3, -0.25) is 4.55 Å². The number of hydrogen-bond donors (Lipinski definition) is 1. The van der Waals surface area contributed by atoms with E-state index in [0.717, 1.165) is 19.3 Å². The summed E-state index contributed by atoms with van der Waals surface area (Å²) >= 11 is 0. The van der Waals surface area contributed by atoms with Gasteiger partial charge in [-0.15, -0.1) is 0 Å². The third-order valence-corrected chi connectivity index (χ3v) is 6.65. The predicted octanol–water partition coefficient (Wildman–Crippen LogP) is 4.05. The van der Waals surface area contributed by atoms with Gasteiger partial charge in [-0.1, -0.05) is 102 Å². The molecule has 0 atom stereocenters. The number of rotatable bonds is 16. The molecule has 1 N–H and O–H groups in total. The van der Waals surface area contributed by atoms with Crippen LogP contribution in [-0.2, 0) is 16.5 Å². The van der Waals surface area contributed by atoms with E-state index in [2.05, 4.69) is 6.92 Å². The zero-order valence-corrected chi connectivity index (χ0v) is 23.0. The van der Waals surface area contributed by atoms with Gasteiger partial charge in [0.05, 0.1) is 4.90 Å². The molecule has 0 amide bonds. The summed E-state index contributed by atoms with van der Waals surface area (Å²) in [4.78, 5) is -0.561. The van der Waals surface area contributed by atoms with Crippen molar-refractivity contribution >= 4 is 10.1 Å². The molecule has 33 heavy (non-hydrogen) atoms. The Morgan fingerprint density at radius 2 is 1.30 bits per heavy atom. The molecular formula is C26H37NaO5S. The standard InChI is InChI=1S/C26H38O5S.Na/c1-2-3-4-5-6-7-8-9-10-11-12-14-17-22-20-21-24(25(27)26(22)32(28,29)30)31-23-18-15-13-16-19-23;/h13,15-16,18-21,27H,2-12,14,17H2,1H3,(H,28,29,30);/q;+1/p-1. The van der Waals surface area contributed by atoms with E-state index in [4.69, 9.17) is 4.74 Å². The summed E-state index contributed by atoms with van der Waals surface area (Å²) in [5.74, 6) is -0.477. The molecule has 7 heteroatoms. The first-order valence-electron chi connectivity index (χ1n) is 12.0. The first-order valence-corrected chi connectivity index (χ1v) is 13.4. The molecule has 5 nitrogen and oxygen atoms in total. The van der Waals surface area contributed by atoms with Crippen LogP contribution in [-0.4, -0.2) is 13.0 Å². The minimum Gasteiger partial charge on any atom is -0.869 e. The van der Waals surface area contributed by atoms with Crippen molar-refractivity contribution < 1.29 is 52.4 Å². The third kappa shape index (κ3) is 11.3. The summed E-state index contributed by atoms with van der Waals surface area (Å²) < 4.78 is 39.0. The first-order chi connectivity index (χ1) is 15.4. The van der Waals surface area contributed by atoms with Gasteiger partial charge in [0.1, 0.15) is 11.5 Å². The summed E-state index contributed by atoms with van der Waals surface area (Å²) in [6.45, 7) is 2.23. The summed E-state index contributed by atoms with van der Waals surface area (Å²) in [7, 11) is -4.64. The summed E-state index contributed by atoms with van der Waals surface area (Å²) in [5.41, 5.74) is 0.352. The zero-order valence-electron chi connectivity index (χ0n) is 20.2. The molecule has 0 aliphatic heterocycles. The molecule has 178 valence electrons. The minimum absolute atomic E-state index is 0. The predicted molar refractivity (Wildman–Crippen MR) is 127 cm³/mol. The summed E-state index contributed by atoms with van der Waals surface area (Å²) in [6.07, 6.45) is 14.9. The second-order valence-electron chi connectivity index (χ2n) is 8.41. The molecule has 0 fully saturated rings. The van der Waals surface area contributed by atoms with Crippen LogP contribution in [0.15, 0.2) is 47.4 Å². The summed E-state index contributed by atoms with van der Waals surface area (Å²) in [5, 5.41) is 12.7. The van der Waals surface area contributed by atoms with E-state index in [0.29, 0.717) is 17.7 Å². The van der Waals surface area contributed by atoms with Crippen LogP contribution in [0.3, 0.4) is 0 Å². The number of unbranched alkanes of at least 4 members (excludes halogenated alkanes) is 11. The molecule has 0 unspecified atom stereocenters. The number of hydrogen-bond acceptors (Lipinski definition) is 4. The van der Waals surface area contributed by atoms with Crippen molar-refractivity contribution in [3.63, 3.8) is 0 Å². The second kappa shape index (κ2) is 16.6. The van der Waals surface area contributed by atoms with E-state index < -0.39 is 20.8 Å². The Bertz CT molecular complexity index is 900. The molecule has 2 aromatic rings. The van der Waals surface area contributed by atoms with Gasteiger partial charge in [-0.05, 0) is 42.4 Å². The Balaban J connectivity index is 0.00000544. The average Bonchev–Trinajstić information content (AvgIpc) is 2.76. The molecule has 0 spiro atoms. The number of ether oxygens (including phenoxy) is 1. The summed E-state index contributed by atoms with van der Waals surface area (Å²) in [6, 6.07) is 11.7. The Morgan fingerprint density at radius 1 is 0.788 bits per heavy atom. The SMILES string of the molecule is CCCCCCCCCCCCCCc1ccc(Oc2ccccc2)c([O-])c1S(=O)(=O)O.[Na+]. The topological polar surface area (TPSA) is 86.7 Å². The van der Waals surface area contributed by atoms with Gasteiger partial charge in [0.2, 0.25) is 0 Å². The van der Waals surface area contributed by atoms with Gasteiger partial charge in [0.25, 0.3) is 10.1 Å². The fourth-order valence-electron chi connectivity index (χ4n) is 3.92. The molecule has 0 aromatic heterocycles. The Morgan fingerprint density at radius 3 is 1.82 bits per heavy atom. The van der Waals surface area contributed by atoms with Gasteiger partial charge in [-0.25, -0.2) is 0 Å². The number of aryl methyl sites for hydroxylation is 1. The van der Waals surface area contributed by atoms with Crippen LogP contribution < -0.4 is 39.4 Å². The van der Waals surface area contributed by atoms with E-state index in [1.807, 2.05) is 6.07 Å². The van der Waals surface area contributed by atoms with Gasteiger partial charge in [0.15, 0.2) is 0 Å². The smallest absolute Gasteiger partial charge is 0.869 e. The van der Waals surface area contributed by atoms with E-state index in [9.17, 15) is 18.1 Å². The Kier molecular flexibility index (Phi) is 15.0. The van der Waals surface area contributed by atoms with E-state index >= 15 is 0 Å². The molecule has 0 saturated carbocycles. The monoisotopic (exact) mass is 484 g/mol. The molecule has 0 aliphatic rings. The van der Waals surface area contributed by atoms with Crippen LogP contribution in [0.5, 0.6) is 17.2 Å². The minimum atomic E-state index is -4.64. The van der Waals surface area contributed by atoms with Crippen molar-refractivity contribution in [1.29, 1.82) is 0 Å².